The van der Waals surface area contributed by atoms with E-state index in [1.54, 1.807) is 23.4 Å². The average Bonchev–Trinajstić information content (AvgIpc) is 3.15. The van der Waals surface area contributed by atoms with E-state index in [1.165, 1.54) is 0 Å². The first-order valence-electron chi connectivity index (χ1n) is 7.89. The van der Waals surface area contributed by atoms with Crippen LogP contribution in [0, 0.1) is 0 Å². The maximum absolute atomic E-state index is 13.0. The summed E-state index contributed by atoms with van der Waals surface area (Å²) in [6.45, 7) is -0.156. The Labute approximate surface area is 139 Å². The van der Waals surface area contributed by atoms with Crippen molar-refractivity contribution in [2.75, 3.05) is 18.5 Å². The zero-order valence-electron chi connectivity index (χ0n) is 13.0. The fraction of sp³-hybridized carbons (Fsp3) is 0.278. The molecule has 3 heterocycles. The van der Waals surface area contributed by atoms with Gasteiger partial charge in [-0.15, -0.1) is 0 Å². The molecule has 2 atom stereocenters. The molecule has 1 aromatic carbocycles. The maximum atomic E-state index is 13.0. The Morgan fingerprint density at radius 2 is 2.17 bits per heavy atom. The number of anilines is 1. The highest BCUT2D eigenvalue weighted by molar-refractivity contribution is 6.07. The molecule has 2 aliphatic heterocycles. The molecule has 6 heteroatoms. The molecule has 0 radical (unpaired) electrons. The Kier molecular flexibility index (Phi) is 3.35. The minimum atomic E-state index is -0.843. The molecule has 2 unspecified atom stereocenters. The number of aromatic nitrogens is 1. The van der Waals surface area contributed by atoms with Crippen LogP contribution >= 0.6 is 0 Å². The van der Waals surface area contributed by atoms with Gasteiger partial charge in [-0.05, 0) is 29.7 Å². The number of fused-ring (bicyclic) bond motifs is 2. The van der Waals surface area contributed by atoms with Crippen LogP contribution in [-0.4, -0.2) is 40.0 Å². The Hall–Kier alpha value is -2.73. The molecule has 0 saturated carbocycles. The van der Waals surface area contributed by atoms with Crippen LogP contribution in [0.4, 0.5) is 5.69 Å². The van der Waals surface area contributed by atoms with Crippen LogP contribution in [0.25, 0.3) is 0 Å². The maximum Gasteiger partial charge on any atom is 0.248 e. The molecular formula is C18H17N3O3. The zero-order valence-corrected chi connectivity index (χ0v) is 13.0. The van der Waals surface area contributed by atoms with Crippen LogP contribution < -0.4 is 5.32 Å². The van der Waals surface area contributed by atoms with E-state index in [0.717, 1.165) is 16.8 Å². The molecule has 1 saturated heterocycles. The van der Waals surface area contributed by atoms with Crippen molar-refractivity contribution in [3.63, 3.8) is 0 Å². The van der Waals surface area contributed by atoms with E-state index in [4.69, 9.17) is 0 Å². The Morgan fingerprint density at radius 3 is 2.92 bits per heavy atom. The standard InChI is InChI=1S/C18H17N3O3/c22-11-15(23)21-9-7-18(16(21)12-4-3-8-19-10-12)13-5-1-2-6-14(13)20-17(18)24/h1-6,8,10,16,22H,7,9,11H2,(H,20,24). The summed E-state index contributed by atoms with van der Waals surface area (Å²) in [6, 6.07) is 10.8. The normalized spacial score (nSPS) is 25.0. The predicted octanol–water partition coefficient (Wildman–Crippen LogP) is 1.24. The second-order valence-electron chi connectivity index (χ2n) is 6.16. The fourth-order valence-electron chi connectivity index (χ4n) is 4.05. The molecule has 1 fully saturated rings. The van der Waals surface area contributed by atoms with Crippen molar-refractivity contribution >= 4 is 17.5 Å². The number of hydrogen-bond acceptors (Lipinski definition) is 4. The van der Waals surface area contributed by atoms with Crippen LogP contribution in [0.1, 0.15) is 23.6 Å². The summed E-state index contributed by atoms with van der Waals surface area (Å²) >= 11 is 0. The van der Waals surface area contributed by atoms with E-state index in [1.807, 2.05) is 30.3 Å². The molecule has 2 amide bonds. The lowest BCUT2D eigenvalue weighted by Crippen LogP contribution is -2.43. The topological polar surface area (TPSA) is 82.5 Å². The van der Waals surface area contributed by atoms with E-state index in [-0.39, 0.29) is 11.8 Å². The van der Waals surface area contributed by atoms with Crippen molar-refractivity contribution in [1.82, 2.24) is 9.88 Å². The number of benzene rings is 1. The summed E-state index contributed by atoms with van der Waals surface area (Å²) in [6.07, 6.45) is 3.86. The Balaban J connectivity index is 1.92. The minimum absolute atomic E-state index is 0.106. The van der Waals surface area contributed by atoms with Gasteiger partial charge in [0.2, 0.25) is 11.8 Å². The molecule has 1 spiro atoms. The number of aliphatic hydroxyl groups excluding tert-OH is 1. The molecule has 2 N–H and O–H groups in total. The van der Waals surface area contributed by atoms with Crippen LogP contribution in [0.5, 0.6) is 0 Å². The predicted molar refractivity (Wildman–Crippen MR) is 87.1 cm³/mol. The fourth-order valence-corrected chi connectivity index (χ4v) is 4.05. The lowest BCUT2D eigenvalue weighted by atomic mass is 9.73. The Bertz CT molecular complexity index is 808. The summed E-state index contributed by atoms with van der Waals surface area (Å²) in [5, 5.41) is 12.3. The highest BCUT2D eigenvalue weighted by atomic mass is 16.3. The van der Waals surface area contributed by atoms with Crippen LogP contribution in [0.15, 0.2) is 48.8 Å². The summed E-state index contributed by atoms with van der Waals surface area (Å²) < 4.78 is 0. The van der Waals surface area contributed by atoms with Crippen molar-refractivity contribution in [3.05, 3.63) is 59.9 Å². The number of likely N-dealkylation sites (tertiary alicyclic amines) is 1. The van der Waals surface area contributed by atoms with Crippen molar-refractivity contribution in [1.29, 1.82) is 0 Å². The second-order valence-corrected chi connectivity index (χ2v) is 6.16. The largest absolute Gasteiger partial charge is 0.387 e. The van der Waals surface area contributed by atoms with Crippen LogP contribution in [0.2, 0.25) is 0 Å². The number of rotatable bonds is 2. The van der Waals surface area contributed by atoms with Crippen molar-refractivity contribution < 1.29 is 14.7 Å². The summed E-state index contributed by atoms with van der Waals surface area (Å²) in [5.41, 5.74) is 1.64. The van der Waals surface area contributed by atoms with E-state index in [2.05, 4.69) is 10.3 Å². The lowest BCUT2D eigenvalue weighted by molar-refractivity contribution is -0.136. The quantitative estimate of drug-likeness (QED) is 0.871. The van der Waals surface area contributed by atoms with Gasteiger partial charge >= 0.3 is 0 Å². The van der Waals surface area contributed by atoms with Crippen LogP contribution in [0.3, 0.4) is 0 Å². The third kappa shape index (κ3) is 1.89. The van der Waals surface area contributed by atoms with E-state index in [0.29, 0.717) is 13.0 Å². The minimum Gasteiger partial charge on any atom is -0.387 e. The SMILES string of the molecule is O=C(CO)N1CCC2(C(=O)Nc3ccccc32)C1c1cccnc1. The van der Waals surface area contributed by atoms with Gasteiger partial charge in [-0.2, -0.15) is 0 Å². The average molecular weight is 323 g/mol. The number of nitrogens with one attached hydrogen (secondary N) is 1. The number of hydrogen-bond donors (Lipinski definition) is 2. The first kappa shape index (κ1) is 14.8. The van der Waals surface area contributed by atoms with Gasteiger partial charge in [0.1, 0.15) is 12.0 Å². The number of aliphatic hydroxyl groups is 1. The monoisotopic (exact) mass is 323 g/mol. The van der Waals surface area contributed by atoms with Gasteiger partial charge in [-0.1, -0.05) is 24.3 Å². The number of para-hydroxylation sites is 1. The first-order valence-corrected chi connectivity index (χ1v) is 7.89. The first-order chi connectivity index (χ1) is 11.7. The molecular weight excluding hydrogens is 306 g/mol. The third-order valence-corrected chi connectivity index (χ3v) is 5.04. The smallest absolute Gasteiger partial charge is 0.248 e. The van der Waals surface area contributed by atoms with Gasteiger partial charge in [0.15, 0.2) is 0 Å². The summed E-state index contributed by atoms with van der Waals surface area (Å²) in [5.74, 6) is -0.483. The van der Waals surface area contributed by atoms with Crippen molar-refractivity contribution in [3.8, 4) is 0 Å². The molecule has 6 nitrogen and oxygen atoms in total. The number of amides is 2. The van der Waals surface area contributed by atoms with Crippen molar-refractivity contribution in [2.24, 2.45) is 0 Å². The molecule has 24 heavy (non-hydrogen) atoms. The van der Waals surface area contributed by atoms with Crippen molar-refractivity contribution in [2.45, 2.75) is 17.9 Å². The van der Waals surface area contributed by atoms with Crippen LogP contribution in [-0.2, 0) is 15.0 Å². The van der Waals surface area contributed by atoms with Gasteiger partial charge in [0.05, 0.1) is 6.04 Å². The molecule has 4 rings (SSSR count). The van der Waals surface area contributed by atoms with E-state index < -0.39 is 18.1 Å². The molecule has 0 aliphatic carbocycles. The van der Waals surface area contributed by atoms with E-state index >= 15 is 0 Å². The van der Waals surface area contributed by atoms with Gasteiger partial charge < -0.3 is 15.3 Å². The molecule has 0 bridgehead atoms. The van der Waals surface area contributed by atoms with E-state index in [9.17, 15) is 14.7 Å². The molecule has 1 aromatic heterocycles. The third-order valence-electron chi connectivity index (χ3n) is 5.04. The molecule has 2 aromatic rings. The number of nitrogens with zero attached hydrogens (tertiary/aromatic N) is 2. The highest BCUT2D eigenvalue weighted by Crippen LogP contribution is 2.54. The highest BCUT2D eigenvalue weighted by Gasteiger charge is 2.59. The number of carbonyl (C=O) groups excluding carboxylic acids is 2. The Morgan fingerprint density at radius 1 is 1.33 bits per heavy atom. The lowest BCUT2D eigenvalue weighted by Gasteiger charge is -2.34. The number of pyridine rings is 1. The molecule has 2 aliphatic rings. The summed E-state index contributed by atoms with van der Waals surface area (Å²) in [7, 11) is 0. The number of carbonyl (C=O) groups is 2. The van der Waals surface area contributed by atoms with Gasteiger partial charge in [0, 0.05) is 24.6 Å². The van der Waals surface area contributed by atoms with Gasteiger partial charge in [0.25, 0.3) is 0 Å². The van der Waals surface area contributed by atoms with Gasteiger partial charge in [-0.3, -0.25) is 14.6 Å². The van der Waals surface area contributed by atoms with Gasteiger partial charge in [-0.25, -0.2) is 0 Å². The summed E-state index contributed by atoms with van der Waals surface area (Å²) in [4.78, 5) is 31.0. The zero-order chi connectivity index (χ0) is 16.7. The second kappa shape index (κ2) is 5.42. The molecule has 122 valence electrons.